The van der Waals surface area contributed by atoms with E-state index in [9.17, 15) is 0 Å². The molecule has 0 atom stereocenters. The van der Waals surface area contributed by atoms with E-state index in [0.717, 1.165) is 77.5 Å². The third-order valence-electron chi connectivity index (χ3n) is 11.2. The maximum atomic E-state index is 6.96. The molecule has 0 saturated heterocycles. The van der Waals surface area contributed by atoms with Crippen LogP contribution in [0.4, 0.5) is 17.1 Å². The molecule has 3 nitrogen and oxygen atoms in total. The van der Waals surface area contributed by atoms with Gasteiger partial charge in [0.15, 0.2) is 5.58 Å². The summed E-state index contributed by atoms with van der Waals surface area (Å²) < 4.78 is 13.4. The molecule has 0 spiro atoms. The summed E-state index contributed by atoms with van der Waals surface area (Å²) in [6.07, 6.45) is 0. The van der Waals surface area contributed by atoms with Gasteiger partial charge in [-0.1, -0.05) is 117 Å². The summed E-state index contributed by atoms with van der Waals surface area (Å²) >= 11 is 0. The van der Waals surface area contributed by atoms with E-state index in [2.05, 4.69) is 170 Å². The van der Waals surface area contributed by atoms with Gasteiger partial charge >= 0.3 is 0 Å². The molecule has 52 heavy (non-hydrogen) atoms. The number of rotatable bonds is 4. The van der Waals surface area contributed by atoms with Crippen molar-refractivity contribution >= 4 is 71.7 Å². The summed E-state index contributed by atoms with van der Waals surface area (Å²) in [7, 11) is 0. The summed E-state index contributed by atoms with van der Waals surface area (Å²) in [5, 5.41) is 6.75. The van der Waals surface area contributed by atoms with Gasteiger partial charge < -0.3 is 13.7 Å². The molecule has 0 unspecified atom stereocenters. The summed E-state index contributed by atoms with van der Waals surface area (Å²) in [6.45, 7) is 4.68. The number of benzene rings is 8. The van der Waals surface area contributed by atoms with Gasteiger partial charge in [0.1, 0.15) is 16.7 Å². The number of fused-ring (bicyclic) bond motifs is 10. The quantitative estimate of drug-likeness (QED) is 0.187. The number of hydrogen-bond acceptors (Lipinski definition) is 3. The highest BCUT2D eigenvalue weighted by Gasteiger charge is 2.36. The highest BCUT2D eigenvalue weighted by molar-refractivity contribution is 6.15. The molecule has 246 valence electrons. The van der Waals surface area contributed by atoms with Crippen molar-refractivity contribution in [3.63, 3.8) is 0 Å². The molecule has 0 radical (unpaired) electrons. The summed E-state index contributed by atoms with van der Waals surface area (Å²) in [4.78, 5) is 2.36. The standard InChI is InChI=1S/C49H33NO2/c1-49(2)42-18-10-8-16-36(42)37-22-20-34(28-43(37)49)50(35-21-23-39-38-17-9-11-19-45(38)51-47(39)29-35)44-26-33(30-12-4-3-5-13-30)25-41-40-24-31-14-6-7-15-32(31)27-46(40)52-48(41)44/h3-29H,1-2H3. The Bertz CT molecular complexity index is 3050. The highest BCUT2D eigenvalue weighted by Crippen LogP contribution is 2.52. The lowest BCUT2D eigenvalue weighted by atomic mass is 9.82. The fourth-order valence-corrected chi connectivity index (χ4v) is 8.62. The molecule has 1 aliphatic rings. The van der Waals surface area contributed by atoms with Crippen LogP contribution in [0.3, 0.4) is 0 Å². The van der Waals surface area contributed by atoms with Crippen molar-refractivity contribution in [2.75, 3.05) is 4.90 Å². The molecule has 0 fully saturated rings. The van der Waals surface area contributed by atoms with E-state index < -0.39 is 0 Å². The Morgan fingerprint density at radius 3 is 1.98 bits per heavy atom. The number of nitrogens with zero attached hydrogens (tertiary/aromatic N) is 1. The van der Waals surface area contributed by atoms with Gasteiger partial charge in [-0.2, -0.15) is 0 Å². The molecule has 2 aromatic heterocycles. The van der Waals surface area contributed by atoms with Crippen LogP contribution >= 0.6 is 0 Å². The molecular weight excluding hydrogens is 635 g/mol. The molecule has 8 aromatic carbocycles. The Hall–Kier alpha value is -6.58. The molecular formula is C49H33NO2. The normalized spacial score (nSPS) is 13.3. The maximum absolute atomic E-state index is 6.96. The fraction of sp³-hybridized carbons (Fsp3) is 0.0612. The Kier molecular flexibility index (Phi) is 6.01. The van der Waals surface area contributed by atoms with Crippen LogP contribution in [-0.2, 0) is 5.41 Å². The van der Waals surface area contributed by atoms with E-state index in [4.69, 9.17) is 8.83 Å². The fourth-order valence-electron chi connectivity index (χ4n) is 8.62. The predicted octanol–water partition coefficient (Wildman–Crippen LogP) is 14.1. The lowest BCUT2D eigenvalue weighted by molar-refractivity contribution is 0.660. The van der Waals surface area contributed by atoms with Gasteiger partial charge in [0.2, 0.25) is 0 Å². The number of anilines is 3. The van der Waals surface area contributed by atoms with Crippen LogP contribution in [0.1, 0.15) is 25.0 Å². The Morgan fingerprint density at radius 2 is 1.10 bits per heavy atom. The molecule has 1 aliphatic carbocycles. The first-order chi connectivity index (χ1) is 25.5. The molecule has 0 saturated carbocycles. The molecule has 11 rings (SSSR count). The zero-order valence-electron chi connectivity index (χ0n) is 28.9. The lowest BCUT2D eigenvalue weighted by Crippen LogP contribution is -2.16. The lowest BCUT2D eigenvalue weighted by Gasteiger charge is -2.28. The smallest absolute Gasteiger partial charge is 0.159 e. The highest BCUT2D eigenvalue weighted by atomic mass is 16.3. The average Bonchev–Trinajstić information content (AvgIpc) is 3.81. The van der Waals surface area contributed by atoms with E-state index in [1.807, 2.05) is 12.1 Å². The number of para-hydroxylation sites is 1. The van der Waals surface area contributed by atoms with E-state index in [-0.39, 0.29) is 5.41 Å². The largest absolute Gasteiger partial charge is 0.456 e. The van der Waals surface area contributed by atoms with E-state index >= 15 is 0 Å². The van der Waals surface area contributed by atoms with Gasteiger partial charge in [0, 0.05) is 38.7 Å². The van der Waals surface area contributed by atoms with Crippen molar-refractivity contribution in [2.45, 2.75) is 19.3 Å². The minimum absolute atomic E-state index is 0.156. The van der Waals surface area contributed by atoms with Crippen LogP contribution in [0, 0.1) is 0 Å². The van der Waals surface area contributed by atoms with Crippen LogP contribution in [0.5, 0.6) is 0 Å². The van der Waals surface area contributed by atoms with Crippen molar-refractivity contribution in [3.05, 3.63) is 175 Å². The molecule has 2 heterocycles. The average molecular weight is 668 g/mol. The van der Waals surface area contributed by atoms with Crippen molar-refractivity contribution < 1.29 is 8.83 Å². The topological polar surface area (TPSA) is 29.5 Å². The Balaban J connectivity index is 1.23. The van der Waals surface area contributed by atoms with E-state index in [0.29, 0.717) is 0 Å². The number of furan rings is 2. The molecule has 10 aromatic rings. The van der Waals surface area contributed by atoms with Crippen LogP contribution in [-0.4, -0.2) is 0 Å². The van der Waals surface area contributed by atoms with Crippen molar-refractivity contribution in [2.24, 2.45) is 0 Å². The first-order valence-corrected chi connectivity index (χ1v) is 17.9. The van der Waals surface area contributed by atoms with Crippen LogP contribution in [0.2, 0.25) is 0 Å². The second-order valence-electron chi connectivity index (χ2n) is 14.6. The van der Waals surface area contributed by atoms with Gasteiger partial charge in [-0.05, 0) is 98.8 Å². The van der Waals surface area contributed by atoms with Crippen molar-refractivity contribution in [1.29, 1.82) is 0 Å². The summed E-state index contributed by atoms with van der Waals surface area (Å²) in [6, 6.07) is 58.8. The van der Waals surface area contributed by atoms with Crippen molar-refractivity contribution in [3.8, 4) is 22.3 Å². The predicted molar refractivity (Wildman–Crippen MR) is 216 cm³/mol. The monoisotopic (exact) mass is 667 g/mol. The molecule has 0 N–H and O–H groups in total. The van der Waals surface area contributed by atoms with E-state index in [1.165, 1.54) is 27.6 Å². The molecule has 0 amide bonds. The first-order valence-electron chi connectivity index (χ1n) is 17.9. The van der Waals surface area contributed by atoms with Gasteiger partial charge in [0.25, 0.3) is 0 Å². The second kappa shape index (κ2) is 10.7. The third kappa shape index (κ3) is 4.20. The SMILES string of the molecule is CC1(C)c2ccccc2-c2ccc(N(c3ccc4c(c3)oc3ccccc34)c3cc(-c4ccccc4)cc4c3oc3cc5ccccc5cc34)cc21. The van der Waals surface area contributed by atoms with Gasteiger partial charge in [-0.3, -0.25) is 0 Å². The van der Waals surface area contributed by atoms with Crippen LogP contribution in [0.15, 0.2) is 173 Å². The maximum Gasteiger partial charge on any atom is 0.159 e. The Morgan fingerprint density at radius 1 is 0.423 bits per heavy atom. The van der Waals surface area contributed by atoms with Crippen LogP contribution < -0.4 is 4.90 Å². The van der Waals surface area contributed by atoms with Crippen LogP contribution in [0.25, 0.3) is 76.9 Å². The molecule has 0 aliphatic heterocycles. The van der Waals surface area contributed by atoms with E-state index in [1.54, 1.807) is 0 Å². The minimum Gasteiger partial charge on any atom is -0.456 e. The zero-order valence-corrected chi connectivity index (χ0v) is 28.9. The van der Waals surface area contributed by atoms with Gasteiger partial charge in [0.05, 0.1) is 11.4 Å². The Labute approximate surface area is 301 Å². The summed E-state index contributed by atoms with van der Waals surface area (Å²) in [5.74, 6) is 0. The minimum atomic E-state index is -0.156. The third-order valence-corrected chi connectivity index (χ3v) is 11.2. The number of hydrogen-bond donors (Lipinski definition) is 0. The summed E-state index contributed by atoms with van der Waals surface area (Å²) in [5.41, 5.74) is 13.9. The molecule has 0 bridgehead atoms. The zero-order chi connectivity index (χ0) is 34.6. The van der Waals surface area contributed by atoms with Gasteiger partial charge in [-0.15, -0.1) is 0 Å². The first kappa shape index (κ1) is 29.2. The molecule has 3 heteroatoms. The second-order valence-corrected chi connectivity index (χ2v) is 14.6. The van der Waals surface area contributed by atoms with Gasteiger partial charge in [-0.25, -0.2) is 0 Å². The van der Waals surface area contributed by atoms with Crippen molar-refractivity contribution in [1.82, 2.24) is 0 Å².